The van der Waals surface area contributed by atoms with Gasteiger partial charge in [0.05, 0.1) is 17.8 Å². The molecule has 0 spiro atoms. The number of carbonyl (C=O) groups excluding carboxylic acids is 1. The smallest absolute Gasteiger partial charge is 0.226 e. The number of likely N-dealkylation sites (tertiary alicyclic amines) is 1. The SMILES string of the molecule is N#Cc1c(NC(=O)CCN2CCC(OC3CCCCC3)CC2)sc2c1CCCC2. The minimum absolute atomic E-state index is 0.0284. The van der Waals surface area contributed by atoms with Crippen LogP contribution in [0, 0.1) is 11.3 Å². The quantitative estimate of drug-likeness (QED) is 0.735. The number of nitrogens with one attached hydrogen (secondary N) is 1. The van der Waals surface area contributed by atoms with Gasteiger partial charge in [-0.25, -0.2) is 0 Å². The van der Waals surface area contributed by atoms with Gasteiger partial charge in [-0.05, 0) is 56.9 Å². The van der Waals surface area contributed by atoms with E-state index in [1.165, 1.54) is 49.0 Å². The summed E-state index contributed by atoms with van der Waals surface area (Å²) in [4.78, 5) is 16.2. The average molecular weight is 416 g/mol. The second-order valence-electron chi connectivity index (χ2n) is 8.76. The average Bonchev–Trinajstić information content (AvgIpc) is 3.11. The van der Waals surface area contributed by atoms with Crippen LogP contribution in [0.1, 0.15) is 80.2 Å². The minimum atomic E-state index is 0.0284. The molecule has 2 fully saturated rings. The number of anilines is 1. The summed E-state index contributed by atoms with van der Waals surface area (Å²) in [5, 5.41) is 13.3. The molecule has 1 saturated heterocycles. The van der Waals surface area contributed by atoms with E-state index in [-0.39, 0.29) is 5.91 Å². The predicted octanol–water partition coefficient (Wildman–Crippen LogP) is 4.64. The Morgan fingerprint density at radius 1 is 1.07 bits per heavy atom. The standard InChI is InChI=1S/C23H33N3O2S/c24-16-20-19-8-4-5-9-21(19)29-23(20)25-22(27)12-15-26-13-10-18(11-14-26)28-17-6-2-1-3-7-17/h17-18H,1-15H2,(H,25,27). The van der Waals surface area contributed by atoms with E-state index in [4.69, 9.17) is 4.74 Å². The van der Waals surface area contributed by atoms with Gasteiger partial charge in [-0.3, -0.25) is 4.79 Å². The summed E-state index contributed by atoms with van der Waals surface area (Å²) in [5.74, 6) is 0.0284. The Morgan fingerprint density at radius 3 is 2.55 bits per heavy atom. The second-order valence-corrected chi connectivity index (χ2v) is 9.87. The number of nitrogens with zero attached hydrogens (tertiary/aromatic N) is 2. The maximum absolute atomic E-state index is 12.5. The first-order valence-corrected chi connectivity index (χ1v) is 12.3. The summed E-state index contributed by atoms with van der Waals surface area (Å²) in [5.41, 5.74) is 1.89. The lowest BCUT2D eigenvalue weighted by molar-refractivity contribution is -0.116. The summed E-state index contributed by atoms with van der Waals surface area (Å²) in [6, 6.07) is 2.32. The van der Waals surface area contributed by atoms with Gasteiger partial charge in [0, 0.05) is 30.9 Å². The second kappa shape index (κ2) is 10.1. The number of carbonyl (C=O) groups is 1. The predicted molar refractivity (Wildman–Crippen MR) is 116 cm³/mol. The summed E-state index contributed by atoms with van der Waals surface area (Å²) < 4.78 is 6.32. The molecule has 1 saturated carbocycles. The first-order valence-electron chi connectivity index (χ1n) is 11.4. The van der Waals surface area contributed by atoms with Crippen LogP contribution in [-0.2, 0) is 22.4 Å². The van der Waals surface area contributed by atoms with E-state index in [1.807, 2.05) is 0 Å². The summed E-state index contributed by atoms with van der Waals surface area (Å²) in [6.07, 6.45) is 14.3. The largest absolute Gasteiger partial charge is 0.375 e. The van der Waals surface area contributed by atoms with Crippen molar-refractivity contribution in [2.75, 3.05) is 25.0 Å². The Morgan fingerprint density at radius 2 is 1.79 bits per heavy atom. The number of nitriles is 1. The van der Waals surface area contributed by atoms with Gasteiger partial charge < -0.3 is 15.0 Å². The highest BCUT2D eigenvalue weighted by Crippen LogP contribution is 2.37. The van der Waals surface area contributed by atoms with Gasteiger partial charge in [0.2, 0.25) is 5.91 Å². The molecule has 6 heteroatoms. The molecule has 0 atom stereocenters. The third-order valence-electron chi connectivity index (χ3n) is 6.66. The van der Waals surface area contributed by atoms with Crippen LogP contribution in [0.2, 0.25) is 0 Å². The Bertz CT molecular complexity index is 740. The molecule has 1 N–H and O–H groups in total. The molecule has 1 aliphatic heterocycles. The molecule has 29 heavy (non-hydrogen) atoms. The van der Waals surface area contributed by atoms with E-state index in [1.54, 1.807) is 11.3 Å². The van der Waals surface area contributed by atoms with Crippen LogP contribution in [0.5, 0.6) is 0 Å². The van der Waals surface area contributed by atoms with Gasteiger partial charge in [-0.15, -0.1) is 11.3 Å². The van der Waals surface area contributed by atoms with Crippen LogP contribution >= 0.6 is 11.3 Å². The van der Waals surface area contributed by atoms with Crippen molar-refractivity contribution in [3.05, 3.63) is 16.0 Å². The van der Waals surface area contributed by atoms with Gasteiger partial charge in [-0.2, -0.15) is 5.26 Å². The van der Waals surface area contributed by atoms with Gasteiger partial charge in [0.15, 0.2) is 0 Å². The number of thiophene rings is 1. The van der Waals surface area contributed by atoms with Crippen LogP contribution < -0.4 is 5.32 Å². The maximum Gasteiger partial charge on any atom is 0.226 e. The molecule has 0 bridgehead atoms. The molecule has 0 radical (unpaired) electrons. The fraction of sp³-hybridized carbons (Fsp3) is 0.739. The lowest BCUT2D eigenvalue weighted by atomic mass is 9.96. The Balaban J connectivity index is 1.20. The molecule has 158 valence electrons. The van der Waals surface area contributed by atoms with E-state index < -0.39 is 0 Å². The molecular formula is C23H33N3O2S. The van der Waals surface area contributed by atoms with Gasteiger partial charge in [0.25, 0.3) is 0 Å². The summed E-state index contributed by atoms with van der Waals surface area (Å²) in [7, 11) is 0. The van der Waals surface area contributed by atoms with Crippen molar-refractivity contribution in [2.45, 2.75) is 89.3 Å². The summed E-state index contributed by atoms with van der Waals surface area (Å²) >= 11 is 1.61. The first-order chi connectivity index (χ1) is 14.2. The van der Waals surface area contributed by atoms with Crippen molar-refractivity contribution in [3.8, 4) is 6.07 Å². The zero-order valence-corrected chi connectivity index (χ0v) is 18.2. The lowest BCUT2D eigenvalue weighted by Crippen LogP contribution is -2.40. The molecule has 1 amide bonds. The molecule has 1 aromatic rings. The fourth-order valence-electron chi connectivity index (χ4n) is 4.96. The van der Waals surface area contributed by atoms with E-state index in [0.29, 0.717) is 24.2 Å². The van der Waals surface area contributed by atoms with Crippen LogP contribution in [-0.4, -0.2) is 42.6 Å². The number of piperidine rings is 1. The molecule has 3 aliphatic rings. The Kier molecular flexibility index (Phi) is 7.23. The normalized spacial score (nSPS) is 21.5. The van der Waals surface area contributed by atoms with Gasteiger partial charge >= 0.3 is 0 Å². The first kappa shape index (κ1) is 20.8. The monoisotopic (exact) mass is 415 g/mol. The highest BCUT2D eigenvalue weighted by atomic mass is 32.1. The van der Waals surface area contributed by atoms with E-state index in [0.717, 1.165) is 56.7 Å². The Hall–Kier alpha value is -1.42. The van der Waals surface area contributed by atoms with Crippen LogP contribution in [0.15, 0.2) is 0 Å². The molecular weight excluding hydrogens is 382 g/mol. The molecule has 2 heterocycles. The van der Waals surface area contributed by atoms with Crippen molar-refractivity contribution in [3.63, 3.8) is 0 Å². The highest BCUT2D eigenvalue weighted by Gasteiger charge is 2.25. The molecule has 0 aromatic carbocycles. The molecule has 5 nitrogen and oxygen atoms in total. The topological polar surface area (TPSA) is 65.4 Å². The van der Waals surface area contributed by atoms with Crippen LogP contribution in [0.4, 0.5) is 5.00 Å². The van der Waals surface area contributed by atoms with Crippen LogP contribution in [0.3, 0.4) is 0 Å². The molecule has 1 aromatic heterocycles. The van der Waals surface area contributed by atoms with Crippen LogP contribution in [0.25, 0.3) is 0 Å². The maximum atomic E-state index is 12.5. The molecule has 0 unspecified atom stereocenters. The van der Waals surface area contributed by atoms with Crippen molar-refractivity contribution in [1.29, 1.82) is 5.26 Å². The van der Waals surface area contributed by atoms with Gasteiger partial charge in [0.1, 0.15) is 11.1 Å². The van der Waals surface area contributed by atoms with Crippen molar-refractivity contribution >= 4 is 22.2 Å². The van der Waals surface area contributed by atoms with Crippen molar-refractivity contribution in [2.24, 2.45) is 0 Å². The zero-order chi connectivity index (χ0) is 20.1. The number of hydrogen-bond donors (Lipinski definition) is 1. The third kappa shape index (κ3) is 5.39. The lowest BCUT2D eigenvalue weighted by Gasteiger charge is -2.34. The highest BCUT2D eigenvalue weighted by molar-refractivity contribution is 7.16. The number of fused-ring (bicyclic) bond motifs is 1. The van der Waals surface area contributed by atoms with Crippen molar-refractivity contribution in [1.82, 2.24) is 4.90 Å². The number of rotatable bonds is 6. The van der Waals surface area contributed by atoms with E-state index >= 15 is 0 Å². The van der Waals surface area contributed by atoms with Gasteiger partial charge in [-0.1, -0.05) is 19.3 Å². The fourth-order valence-corrected chi connectivity index (χ4v) is 6.22. The van der Waals surface area contributed by atoms with Crippen molar-refractivity contribution < 1.29 is 9.53 Å². The number of ether oxygens (including phenoxy) is 1. The molecule has 4 rings (SSSR count). The minimum Gasteiger partial charge on any atom is -0.375 e. The Labute approximate surface area is 178 Å². The summed E-state index contributed by atoms with van der Waals surface area (Å²) in [6.45, 7) is 2.82. The zero-order valence-electron chi connectivity index (χ0n) is 17.4. The number of hydrogen-bond acceptors (Lipinski definition) is 5. The van der Waals surface area contributed by atoms with E-state index in [9.17, 15) is 10.1 Å². The third-order valence-corrected chi connectivity index (χ3v) is 7.87. The van der Waals surface area contributed by atoms with E-state index in [2.05, 4.69) is 16.3 Å². The molecule has 2 aliphatic carbocycles. The number of amides is 1. The number of aryl methyl sites for hydroxylation is 1.